The first-order chi connectivity index (χ1) is 14.1. The summed E-state index contributed by atoms with van der Waals surface area (Å²) in [5.74, 6) is 2.34. The number of imidazole rings is 1. The van der Waals surface area contributed by atoms with Crippen LogP contribution in [-0.4, -0.2) is 23.6 Å². The smallest absolute Gasteiger partial charge is 0.153 e. The number of aromatic nitrogens is 2. The van der Waals surface area contributed by atoms with Crippen LogP contribution in [0.2, 0.25) is 0 Å². The fourth-order valence-corrected chi connectivity index (χ4v) is 4.48. The van der Waals surface area contributed by atoms with Gasteiger partial charge in [-0.3, -0.25) is 4.40 Å². The molecule has 1 N–H and O–H groups in total. The van der Waals surface area contributed by atoms with Crippen molar-refractivity contribution in [1.82, 2.24) is 9.38 Å². The lowest BCUT2D eigenvalue weighted by Gasteiger charge is -2.12. The van der Waals surface area contributed by atoms with Crippen molar-refractivity contribution in [1.29, 1.82) is 0 Å². The molecule has 29 heavy (non-hydrogen) atoms. The molecule has 0 unspecified atom stereocenters. The van der Waals surface area contributed by atoms with E-state index in [-0.39, 0.29) is 0 Å². The zero-order valence-electron chi connectivity index (χ0n) is 15.9. The van der Waals surface area contributed by atoms with E-state index in [1.165, 1.54) is 5.56 Å². The number of halogens is 2. The van der Waals surface area contributed by atoms with E-state index >= 15 is 0 Å². The molecule has 2 aromatic heterocycles. The average molecular weight is 517 g/mol. The standard InChI is InChI=1S/C22H19Br2N3O2/c1-28-16-8-9-19(29-2)17(11-16)20-22(25-12-14-6-4-3-5-7-14)27-13-15(23)10-18(24)21(27)26-20/h3-11,13,25H,12H2,1-2H3. The quantitative estimate of drug-likeness (QED) is 0.333. The van der Waals surface area contributed by atoms with Gasteiger partial charge in [-0.05, 0) is 61.7 Å². The number of anilines is 1. The van der Waals surface area contributed by atoms with Crippen LogP contribution in [0.5, 0.6) is 11.5 Å². The van der Waals surface area contributed by atoms with Crippen LogP contribution >= 0.6 is 31.9 Å². The third-order valence-corrected chi connectivity index (χ3v) is 5.62. The number of hydrogen-bond acceptors (Lipinski definition) is 4. The number of rotatable bonds is 6. The summed E-state index contributed by atoms with van der Waals surface area (Å²) in [6, 6.07) is 18.0. The lowest BCUT2D eigenvalue weighted by atomic mass is 10.1. The Labute approximate surface area is 185 Å². The average Bonchev–Trinajstić information content (AvgIpc) is 3.11. The molecule has 0 saturated heterocycles. The molecule has 2 heterocycles. The predicted molar refractivity (Wildman–Crippen MR) is 123 cm³/mol. The summed E-state index contributed by atoms with van der Waals surface area (Å²) in [7, 11) is 3.31. The van der Waals surface area contributed by atoms with Gasteiger partial charge in [0.15, 0.2) is 5.65 Å². The van der Waals surface area contributed by atoms with Gasteiger partial charge < -0.3 is 14.8 Å². The molecule has 0 radical (unpaired) electrons. The molecule has 7 heteroatoms. The van der Waals surface area contributed by atoms with E-state index in [1.54, 1.807) is 14.2 Å². The van der Waals surface area contributed by atoms with Gasteiger partial charge in [0.1, 0.15) is 23.0 Å². The Hall–Kier alpha value is -2.51. The van der Waals surface area contributed by atoms with Crippen LogP contribution in [0.25, 0.3) is 16.9 Å². The Morgan fingerprint density at radius 1 is 1.00 bits per heavy atom. The summed E-state index contributed by atoms with van der Waals surface area (Å²) < 4.78 is 14.9. The second kappa shape index (κ2) is 8.47. The molecule has 0 saturated carbocycles. The number of ether oxygens (including phenoxy) is 2. The van der Waals surface area contributed by atoms with E-state index < -0.39 is 0 Å². The summed E-state index contributed by atoms with van der Waals surface area (Å²) >= 11 is 7.21. The maximum atomic E-state index is 5.61. The first kappa shape index (κ1) is 19.8. The van der Waals surface area contributed by atoms with Gasteiger partial charge in [0.25, 0.3) is 0 Å². The lowest BCUT2D eigenvalue weighted by Crippen LogP contribution is -2.04. The Morgan fingerprint density at radius 3 is 2.52 bits per heavy atom. The minimum absolute atomic E-state index is 0.665. The molecule has 0 fully saturated rings. The van der Waals surface area contributed by atoms with Crippen LogP contribution < -0.4 is 14.8 Å². The maximum Gasteiger partial charge on any atom is 0.153 e. The highest BCUT2D eigenvalue weighted by molar-refractivity contribution is 9.11. The number of fused-ring (bicyclic) bond motifs is 1. The number of nitrogens with one attached hydrogen (secondary N) is 1. The lowest BCUT2D eigenvalue weighted by molar-refractivity contribution is 0.404. The van der Waals surface area contributed by atoms with Gasteiger partial charge in [-0.1, -0.05) is 30.3 Å². The third kappa shape index (κ3) is 3.97. The summed E-state index contributed by atoms with van der Waals surface area (Å²) in [4.78, 5) is 4.92. The maximum absolute atomic E-state index is 5.61. The fraction of sp³-hybridized carbons (Fsp3) is 0.136. The topological polar surface area (TPSA) is 47.8 Å². The first-order valence-electron chi connectivity index (χ1n) is 8.98. The van der Waals surface area contributed by atoms with Crippen molar-refractivity contribution < 1.29 is 9.47 Å². The molecule has 0 amide bonds. The Balaban J connectivity index is 1.90. The largest absolute Gasteiger partial charge is 0.497 e. The zero-order valence-corrected chi connectivity index (χ0v) is 19.1. The molecule has 0 spiro atoms. The summed E-state index contributed by atoms with van der Waals surface area (Å²) in [5, 5.41) is 3.56. The first-order valence-corrected chi connectivity index (χ1v) is 10.6. The minimum Gasteiger partial charge on any atom is -0.497 e. The predicted octanol–water partition coefficient (Wildman–Crippen LogP) is 6.16. The second-order valence-corrected chi connectivity index (χ2v) is 8.18. The van der Waals surface area contributed by atoms with E-state index in [0.29, 0.717) is 6.54 Å². The molecule has 0 aliphatic carbocycles. The molecule has 0 bridgehead atoms. The summed E-state index contributed by atoms with van der Waals surface area (Å²) in [6.45, 7) is 0.665. The number of benzene rings is 2. The van der Waals surface area contributed by atoms with Crippen molar-refractivity contribution in [2.24, 2.45) is 0 Å². The van der Waals surface area contributed by atoms with Gasteiger partial charge in [-0.15, -0.1) is 0 Å². The molecular formula is C22H19Br2N3O2. The van der Waals surface area contributed by atoms with Crippen molar-refractivity contribution in [3.05, 3.63) is 75.3 Å². The van der Waals surface area contributed by atoms with Crippen LogP contribution in [0.15, 0.2) is 69.7 Å². The second-order valence-electron chi connectivity index (χ2n) is 6.41. The highest BCUT2D eigenvalue weighted by Crippen LogP contribution is 2.39. The highest BCUT2D eigenvalue weighted by Gasteiger charge is 2.20. The van der Waals surface area contributed by atoms with Crippen molar-refractivity contribution in [3.63, 3.8) is 0 Å². The monoisotopic (exact) mass is 515 g/mol. The summed E-state index contributed by atoms with van der Waals surface area (Å²) in [5.41, 5.74) is 3.63. The van der Waals surface area contributed by atoms with Crippen molar-refractivity contribution in [2.75, 3.05) is 19.5 Å². The normalized spacial score (nSPS) is 10.9. The van der Waals surface area contributed by atoms with Gasteiger partial charge in [0, 0.05) is 22.8 Å². The fourth-order valence-electron chi connectivity index (χ4n) is 3.21. The molecule has 0 aliphatic heterocycles. The number of nitrogens with zero attached hydrogens (tertiary/aromatic N) is 2. The van der Waals surface area contributed by atoms with Gasteiger partial charge in [-0.2, -0.15) is 0 Å². The van der Waals surface area contributed by atoms with Crippen molar-refractivity contribution >= 4 is 43.3 Å². The van der Waals surface area contributed by atoms with Gasteiger partial charge >= 0.3 is 0 Å². The van der Waals surface area contributed by atoms with Crippen LogP contribution in [0, 0.1) is 0 Å². The third-order valence-electron chi connectivity index (χ3n) is 4.61. The Bertz CT molecular complexity index is 1160. The van der Waals surface area contributed by atoms with Crippen molar-refractivity contribution in [2.45, 2.75) is 6.54 Å². The van der Waals surface area contributed by atoms with E-state index in [0.717, 1.165) is 43.2 Å². The van der Waals surface area contributed by atoms with E-state index in [4.69, 9.17) is 14.5 Å². The van der Waals surface area contributed by atoms with Crippen molar-refractivity contribution in [3.8, 4) is 22.8 Å². The minimum atomic E-state index is 0.665. The molecule has 2 aromatic carbocycles. The van der Waals surface area contributed by atoms with Gasteiger partial charge in [-0.25, -0.2) is 4.98 Å². The van der Waals surface area contributed by atoms with Gasteiger partial charge in [0.05, 0.1) is 18.7 Å². The Morgan fingerprint density at radius 2 is 1.79 bits per heavy atom. The highest BCUT2D eigenvalue weighted by atomic mass is 79.9. The number of pyridine rings is 1. The van der Waals surface area contributed by atoms with Gasteiger partial charge in [0.2, 0.25) is 0 Å². The number of hydrogen-bond donors (Lipinski definition) is 1. The molecule has 5 nitrogen and oxygen atoms in total. The van der Waals surface area contributed by atoms with Crippen LogP contribution in [-0.2, 0) is 6.54 Å². The van der Waals surface area contributed by atoms with E-state index in [2.05, 4.69) is 49.3 Å². The Kier molecular flexibility index (Phi) is 5.78. The molecule has 148 valence electrons. The zero-order chi connectivity index (χ0) is 20.4. The van der Waals surface area contributed by atoms with Crippen LogP contribution in [0.3, 0.4) is 0 Å². The molecule has 4 aromatic rings. The van der Waals surface area contributed by atoms with E-state index in [9.17, 15) is 0 Å². The SMILES string of the molecule is COc1ccc(OC)c(-c2nc3c(Br)cc(Br)cn3c2NCc2ccccc2)c1. The molecule has 0 atom stereocenters. The van der Waals surface area contributed by atoms with Crippen LogP contribution in [0.1, 0.15) is 5.56 Å². The molecule has 0 aliphatic rings. The van der Waals surface area contributed by atoms with E-state index in [1.807, 2.05) is 53.1 Å². The summed E-state index contributed by atoms with van der Waals surface area (Å²) in [6.07, 6.45) is 2.00. The number of methoxy groups -OCH3 is 2. The molecule has 4 rings (SSSR count). The van der Waals surface area contributed by atoms with Crippen LogP contribution in [0.4, 0.5) is 5.82 Å². The molecular weight excluding hydrogens is 498 g/mol.